The van der Waals surface area contributed by atoms with E-state index in [0.717, 1.165) is 12.1 Å². The van der Waals surface area contributed by atoms with Crippen LogP contribution in [-0.4, -0.2) is 20.1 Å². The van der Waals surface area contributed by atoms with Gasteiger partial charge in [-0.3, -0.25) is 4.72 Å². The van der Waals surface area contributed by atoms with Crippen LogP contribution < -0.4 is 9.46 Å². The Hall–Kier alpha value is -2.26. The Balaban J connectivity index is 2.00. The summed E-state index contributed by atoms with van der Waals surface area (Å²) in [5, 5.41) is 9.98. The number of aliphatic hydroxyl groups is 1. The zero-order valence-corrected chi connectivity index (χ0v) is 14.5. The van der Waals surface area contributed by atoms with Crippen molar-refractivity contribution < 1.29 is 31.4 Å². The zero-order valence-electron chi connectivity index (χ0n) is 13.7. The van der Waals surface area contributed by atoms with Gasteiger partial charge in [0.2, 0.25) is 0 Å². The minimum Gasteiger partial charge on any atom is -0.491 e. The molecule has 2 aromatic rings. The minimum absolute atomic E-state index is 0.0652. The van der Waals surface area contributed by atoms with Crippen molar-refractivity contribution in [3.8, 4) is 5.75 Å². The Morgan fingerprint density at radius 1 is 1.23 bits per heavy atom. The zero-order chi connectivity index (χ0) is 19.1. The van der Waals surface area contributed by atoms with Gasteiger partial charge >= 0.3 is 6.18 Å². The summed E-state index contributed by atoms with van der Waals surface area (Å²) in [4.78, 5) is -0.510. The largest absolute Gasteiger partial charge is 0.491 e. The van der Waals surface area contributed by atoms with Gasteiger partial charge in [-0.1, -0.05) is 18.2 Å². The number of alkyl halides is 3. The predicted octanol–water partition coefficient (Wildman–Crippen LogP) is 3.63. The summed E-state index contributed by atoms with van der Waals surface area (Å²) in [5.41, 5.74) is -0.589. The van der Waals surface area contributed by atoms with Gasteiger partial charge in [0.25, 0.3) is 10.0 Å². The summed E-state index contributed by atoms with van der Waals surface area (Å²) >= 11 is 0. The maximum Gasteiger partial charge on any atom is 0.416 e. The summed E-state index contributed by atoms with van der Waals surface area (Å²) in [7, 11) is -4.28. The quantitative estimate of drug-likeness (QED) is 0.843. The lowest BCUT2D eigenvalue weighted by Crippen LogP contribution is -2.19. The van der Waals surface area contributed by atoms with Gasteiger partial charge < -0.3 is 9.84 Å². The molecule has 0 aromatic heterocycles. The molecular weight excluding hydrogens is 371 g/mol. The van der Waals surface area contributed by atoms with Crippen LogP contribution in [0.3, 0.4) is 0 Å². The average Bonchev–Trinajstić information content (AvgIpc) is 2.55. The van der Waals surface area contributed by atoms with Crippen molar-refractivity contribution in [1.82, 2.24) is 0 Å². The highest BCUT2D eigenvalue weighted by molar-refractivity contribution is 7.92. The van der Waals surface area contributed by atoms with Gasteiger partial charge in [-0.15, -0.1) is 0 Å². The lowest BCUT2D eigenvalue weighted by Gasteiger charge is -2.24. The lowest BCUT2D eigenvalue weighted by atomic mass is 10.0. The van der Waals surface area contributed by atoms with Crippen LogP contribution in [0.2, 0.25) is 0 Å². The number of fused-ring (bicyclic) bond motifs is 1. The normalized spacial score (nSPS) is 17.3. The number of benzene rings is 2. The Labute approximate surface area is 148 Å². The monoisotopic (exact) mass is 387 g/mol. The molecule has 9 heteroatoms. The fourth-order valence-corrected chi connectivity index (χ4v) is 3.85. The molecule has 0 radical (unpaired) electrons. The Kier molecular flexibility index (Phi) is 4.61. The van der Waals surface area contributed by atoms with E-state index in [1.165, 1.54) is 19.1 Å². The van der Waals surface area contributed by atoms with Crippen LogP contribution in [0.1, 0.15) is 29.2 Å². The second-order valence-electron chi connectivity index (χ2n) is 5.96. The minimum atomic E-state index is -4.66. The first-order valence-electron chi connectivity index (χ1n) is 7.74. The van der Waals surface area contributed by atoms with Crippen molar-refractivity contribution in [2.24, 2.45) is 0 Å². The van der Waals surface area contributed by atoms with Crippen LogP contribution in [-0.2, 0) is 16.2 Å². The van der Waals surface area contributed by atoms with Crippen molar-refractivity contribution in [1.29, 1.82) is 0 Å². The van der Waals surface area contributed by atoms with Crippen LogP contribution in [0, 0.1) is 6.92 Å². The number of halogens is 3. The van der Waals surface area contributed by atoms with E-state index in [2.05, 4.69) is 4.72 Å². The van der Waals surface area contributed by atoms with E-state index < -0.39 is 32.8 Å². The third-order valence-electron chi connectivity index (χ3n) is 4.11. The van der Waals surface area contributed by atoms with E-state index in [1.807, 2.05) is 0 Å². The van der Waals surface area contributed by atoms with Gasteiger partial charge in [-0.05, 0) is 30.7 Å². The number of ether oxygens (including phenoxy) is 1. The molecule has 5 nitrogen and oxygen atoms in total. The van der Waals surface area contributed by atoms with Crippen molar-refractivity contribution >= 4 is 15.7 Å². The Morgan fingerprint density at radius 2 is 1.96 bits per heavy atom. The third kappa shape index (κ3) is 3.49. The van der Waals surface area contributed by atoms with Crippen molar-refractivity contribution in [3.05, 3.63) is 53.1 Å². The van der Waals surface area contributed by atoms with E-state index >= 15 is 0 Å². The van der Waals surface area contributed by atoms with E-state index in [4.69, 9.17) is 4.74 Å². The molecule has 0 fully saturated rings. The molecule has 0 amide bonds. The molecule has 3 rings (SSSR count). The molecule has 0 saturated heterocycles. The van der Waals surface area contributed by atoms with Crippen LogP contribution >= 0.6 is 0 Å². The fraction of sp³-hybridized carbons (Fsp3) is 0.294. The van der Waals surface area contributed by atoms with Gasteiger partial charge in [0.1, 0.15) is 5.75 Å². The molecular formula is C17H16F3NO4S. The molecule has 1 aliphatic heterocycles. The van der Waals surface area contributed by atoms with E-state index in [1.54, 1.807) is 6.07 Å². The SMILES string of the molecule is Cc1ccc(S(=O)(=O)Nc2cccc3c2OCCC3O)cc1C(F)(F)F. The summed E-state index contributed by atoms with van der Waals surface area (Å²) in [6.07, 6.45) is -5.08. The first kappa shape index (κ1) is 18.5. The number of hydrogen-bond donors (Lipinski definition) is 2. The molecule has 1 atom stereocenters. The van der Waals surface area contributed by atoms with Crippen LogP contribution in [0.25, 0.3) is 0 Å². The molecule has 0 spiro atoms. The predicted molar refractivity (Wildman–Crippen MR) is 88.5 cm³/mol. The number of rotatable bonds is 3. The summed E-state index contributed by atoms with van der Waals surface area (Å²) in [6.45, 7) is 1.46. The fourth-order valence-electron chi connectivity index (χ4n) is 2.76. The molecule has 1 unspecified atom stereocenters. The molecule has 2 N–H and O–H groups in total. The van der Waals surface area contributed by atoms with Crippen LogP contribution in [0.5, 0.6) is 5.75 Å². The number of sulfonamides is 1. The first-order valence-corrected chi connectivity index (χ1v) is 9.22. The summed E-state index contributed by atoms with van der Waals surface area (Å²) in [5.74, 6) is 0.179. The summed E-state index contributed by atoms with van der Waals surface area (Å²) in [6, 6.07) is 7.38. The van der Waals surface area contributed by atoms with E-state index in [-0.39, 0.29) is 23.6 Å². The van der Waals surface area contributed by atoms with E-state index in [0.29, 0.717) is 18.1 Å². The van der Waals surface area contributed by atoms with Crippen LogP contribution in [0.4, 0.5) is 18.9 Å². The highest BCUT2D eigenvalue weighted by Crippen LogP contribution is 2.39. The third-order valence-corrected chi connectivity index (χ3v) is 5.47. The number of nitrogens with one attached hydrogen (secondary N) is 1. The molecule has 0 aliphatic carbocycles. The second-order valence-corrected chi connectivity index (χ2v) is 7.64. The number of aryl methyl sites for hydroxylation is 1. The van der Waals surface area contributed by atoms with Gasteiger partial charge in [-0.2, -0.15) is 13.2 Å². The molecule has 1 heterocycles. The maximum absolute atomic E-state index is 13.0. The average molecular weight is 387 g/mol. The Bertz CT molecular complexity index is 942. The number of anilines is 1. The highest BCUT2D eigenvalue weighted by atomic mass is 32.2. The maximum atomic E-state index is 13.0. The topological polar surface area (TPSA) is 75.6 Å². The van der Waals surface area contributed by atoms with Gasteiger partial charge in [-0.25, -0.2) is 8.42 Å². The van der Waals surface area contributed by atoms with Crippen molar-refractivity contribution in [2.75, 3.05) is 11.3 Å². The van der Waals surface area contributed by atoms with Gasteiger partial charge in [0.05, 0.1) is 28.9 Å². The second kappa shape index (κ2) is 6.48. The standard InChI is InChI=1S/C17H16F3NO4S/c1-10-5-6-11(9-13(10)17(18,19)20)26(23,24)21-14-4-2-3-12-15(22)7-8-25-16(12)14/h2-6,9,15,21-22H,7-8H2,1H3. The molecule has 140 valence electrons. The molecule has 0 bridgehead atoms. The molecule has 1 aliphatic rings. The van der Waals surface area contributed by atoms with E-state index in [9.17, 15) is 26.7 Å². The van der Waals surface area contributed by atoms with Gasteiger partial charge in [0, 0.05) is 12.0 Å². The smallest absolute Gasteiger partial charge is 0.416 e. The number of hydrogen-bond acceptors (Lipinski definition) is 4. The number of para-hydroxylation sites is 1. The first-order chi connectivity index (χ1) is 12.1. The lowest BCUT2D eigenvalue weighted by molar-refractivity contribution is -0.138. The van der Waals surface area contributed by atoms with Crippen LogP contribution in [0.15, 0.2) is 41.3 Å². The molecule has 26 heavy (non-hydrogen) atoms. The van der Waals surface area contributed by atoms with Crippen molar-refractivity contribution in [3.63, 3.8) is 0 Å². The number of aliphatic hydroxyl groups excluding tert-OH is 1. The molecule has 2 aromatic carbocycles. The Morgan fingerprint density at radius 3 is 2.65 bits per heavy atom. The van der Waals surface area contributed by atoms with Crippen molar-refractivity contribution in [2.45, 2.75) is 30.5 Å². The molecule has 0 saturated carbocycles. The highest BCUT2D eigenvalue weighted by Gasteiger charge is 2.34. The van der Waals surface area contributed by atoms with Gasteiger partial charge in [0.15, 0.2) is 0 Å². The summed E-state index contributed by atoms with van der Waals surface area (Å²) < 4.78 is 72.0.